The average molecular weight is 211 g/mol. The van der Waals surface area contributed by atoms with Gasteiger partial charge in [-0.2, -0.15) is 0 Å². The van der Waals surface area contributed by atoms with Crippen LogP contribution in [0.4, 0.5) is 10.1 Å². The standard InChI is InChI=1S/C11H14FNO2/c12-11-9(2-1-3-10(11)15)13-5-4-8(6-13)7-14/h1-3,8,14-15H,4-7H2. The largest absolute Gasteiger partial charge is 0.505 e. The van der Waals surface area contributed by atoms with Crippen molar-refractivity contribution in [2.75, 3.05) is 24.6 Å². The molecule has 3 nitrogen and oxygen atoms in total. The Labute approximate surface area is 87.8 Å². The van der Waals surface area contributed by atoms with Gasteiger partial charge in [-0.15, -0.1) is 0 Å². The first-order valence-corrected chi connectivity index (χ1v) is 5.05. The molecular weight excluding hydrogens is 197 g/mol. The fourth-order valence-corrected chi connectivity index (χ4v) is 1.95. The smallest absolute Gasteiger partial charge is 0.188 e. The van der Waals surface area contributed by atoms with Gasteiger partial charge in [-0.3, -0.25) is 0 Å². The number of anilines is 1. The summed E-state index contributed by atoms with van der Waals surface area (Å²) in [6.45, 7) is 1.51. The number of phenolic OH excluding ortho intramolecular Hbond substituents is 1. The van der Waals surface area contributed by atoms with Crippen LogP contribution in [-0.2, 0) is 0 Å². The SMILES string of the molecule is OCC1CCN(c2cccc(O)c2F)C1. The molecule has 0 saturated carbocycles. The van der Waals surface area contributed by atoms with Crippen molar-refractivity contribution in [3.8, 4) is 5.75 Å². The molecule has 82 valence electrons. The third-order valence-corrected chi connectivity index (χ3v) is 2.84. The molecule has 4 heteroatoms. The van der Waals surface area contributed by atoms with Crippen LogP contribution in [0.5, 0.6) is 5.75 Å². The number of nitrogens with zero attached hydrogens (tertiary/aromatic N) is 1. The minimum absolute atomic E-state index is 0.136. The zero-order valence-corrected chi connectivity index (χ0v) is 8.36. The summed E-state index contributed by atoms with van der Waals surface area (Å²) in [6, 6.07) is 4.60. The van der Waals surface area contributed by atoms with E-state index in [2.05, 4.69) is 0 Å². The fourth-order valence-electron chi connectivity index (χ4n) is 1.95. The van der Waals surface area contributed by atoms with E-state index in [1.54, 1.807) is 12.1 Å². The molecule has 1 aromatic rings. The van der Waals surface area contributed by atoms with Gasteiger partial charge in [0.25, 0.3) is 0 Å². The molecule has 1 heterocycles. The van der Waals surface area contributed by atoms with Gasteiger partial charge in [-0.05, 0) is 18.6 Å². The van der Waals surface area contributed by atoms with Crippen molar-refractivity contribution >= 4 is 5.69 Å². The minimum atomic E-state index is -0.573. The third kappa shape index (κ3) is 1.90. The number of aliphatic hydroxyl groups excluding tert-OH is 1. The Hall–Kier alpha value is -1.29. The first-order valence-electron chi connectivity index (χ1n) is 5.05. The number of aromatic hydroxyl groups is 1. The summed E-state index contributed by atoms with van der Waals surface area (Å²) in [5.41, 5.74) is 0.422. The summed E-state index contributed by atoms with van der Waals surface area (Å²) in [5.74, 6) is -0.678. The van der Waals surface area contributed by atoms with Gasteiger partial charge < -0.3 is 15.1 Å². The van der Waals surface area contributed by atoms with Gasteiger partial charge in [0.2, 0.25) is 0 Å². The lowest BCUT2D eigenvalue weighted by molar-refractivity contribution is 0.238. The zero-order valence-electron chi connectivity index (χ0n) is 8.36. The van der Waals surface area contributed by atoms with Crippen molar-refractivity contribution in [1.82, 2.24) is 0 Å². The average Bonchev–Trinajstić information content (AvgIpc) is 2.70. The van der Waals surface area contributed by atoms with E-state index in [1.165, 1.54) is 6.07 Å². The van der Waals surface area contributed by atoms with Crippen molar-refractivity contribution in [1.29, 1.82) is 0 Å². The molecule has 2 rings (SSSR count). The highest BCUT2D eigenvalue weighted by atomic mass is 19.1. The van der Waals surface area contributed by atoms with Crippen LogP contribution in [0.25, 0.3) is 0 Å². The molecule has 1 fully saturated rings. The highest BCUT2D eigenvalue weighted by Gasteiger charge is 2.24. The normalized spacial score (nSPS) is 20.9. The second kappa shape index (κ2) is 4.06. The Morgan fingerprint density at radius 1 is 1.47 bits per heavy atom. The van der Waals surface area contributed by atoms with Crippen molar-refractivity contribution in [2.24, 2.45) is 5.92 Å². The summed E-state index contributed by atoms with van der Waals surface area (Å²) >= 11 is 0. The van der Waals surface area contributed by atoms with Crippen molar-refractivity contribution in [3.63, 3.8) is 0 Å². The van der Waals surface area contributed by atoms with Crippen LogP contribution in [0.1, 0.15) is 6.42 Å². The summed E-state index contributed by atoms with van der Waals surface area (Å²) in [4.78, 5) is 1.86. The number of hydrogen-bond acceptors (Lipinski definition) is 3. The molecule has 0 aliphatic carbocycles. The molecule has 1 aliphatic rings. The number of rotatable bonds is 2. The monoisotopic (exact) mass is 211 g/mol. The lowest BCUT2D eigenvalue weighted by Crippen LogP contribution is -2.21. The van der Waals surface area contributed by atoms with Crippen LogP contribution in [0.15, 0.2) is 18.2 Å². The highest BCUT2D eigenvalue weighted by Crippen LogP contribution is 2.30. The van der Waals surface area contributed by atoms with E-state index < -0.39 is 5.82 Å². The predicted molar refractivity (Wildman–Crippen MR) is 55.5 cm³/mol. The Balaban J connectivity index is 2.20. The first-order chi connectivity index (χ1) is 7.22. The third-order valence-electron chi connectivity index (χ3n) is 2.84. The van der Waals surface area contributed by atoms with E-state index in [1.807, 2.05) is 4.90 Å². The Morgan fingerprint density at radius 2 is 2.27 bits per heavy atom. The van der Waals surface area contributed by atoms with Crippen LogP contribution in [0.3, 0.4) is 0 Å². The van der Waals surface area contributed by atoms with E-state index in [-0.39, 0.29) is 18.3 Å². The predicted octanol–water partition coefficient (Wildman–Crippen LogP) is 1.35. The number of hydrogen-bond donors (Lipinski definition) is 2. The molecule has 1 atom stereocenters. The Morgan fingerprint density at radius 3 is 2.93 bits per heavy atom. The molecule has 0 spiro atoms. The van der Waals surface area contributed by atoms with Gasteiger partial charge in [0, 0.05) is 25.6 Å². The number of benzene rings is 1. The zero-order chi connectivity index (χ0) is 10.8. The molecule has 15 heavy (non-hydrogen) atoms. The number of phenols is 1. The van der Waals surface area contributed by atoms with Crippen LogP contribution in [-0.4, -0.2) is 29.9 Å². The van der Waals surface area contributed by atoms with Crippen LogP contribution in [0.2, 0.25) is 0 Å². The van der Waals surface area contributed by atoms with E-state index in [0.29, 0.717) is 12.2 Å². The molecule has 2 N–H and O–H groups in total. The lowest BCUT2D eigenvalue weighted by atomic mass is 10.1. The van der Waals surface area contributed by atoms with E-state index in [0.717, 1.165) is 13.0 Å². The minimum Gasteiger partial charge on any atom is -0.505 e. The topological polar surface area (TPSA) is 43.7 Å². The van der Waals surface area contributed by atoms with Crippen LogP contribution >= 0.6 is 0 Å². The van der Waals surface area contributed by atoms with Crippen LogP contribution in [0, 0.1) is 11.7 Å². The molecule has 1 aliphatic heterocycles. The maximum absolute atomic E-state index is 13.5. The van der Waals surface area contributed by atoms with Crippen molar-refractivity contribution in [3.05, 3.63) is 24.0 Å². The lowest BCUT2D eigenvalue weighted by Gasteiger charge is -2.19. The van der Waals surface area contributed by atoms with Crippen molar-refractivity contribution < 1.29 is 14.6 Å². The summed E-state index contributed by atoms with van der Waals surface area (Å²) < 4.78 is 13.5. The van der Waals surface area contributed by atoms with E-state index in [9.17, 15) is 9.50 Å². The number of halogens is 1. The molecule has 1 saturated heterocycles. The van der Waals surface area contributed by atoms with Gasteiger partial charge in [0.1, 0.15) is 0 Å². The van der Waals surface area contributed by atoms with E-state index >= 15 is 0 Å². The summed E-state index contributed by atoms with van der Waals surface area (Å²) in [5, 5.41) is 18.2. The second-order valence-corrected chi connectivity index (χ2v) is 3.89. The molecule has 1 aromatic carbocycles. The number of aliphatic hydroxyl groups is 1. The van der Waals surface area contributed by atoms with Gasteiger partial charge in [-0.25, -0.2) is 4.39 Å². The molecular formula is C11H14FNO2. The highest BCUT2D eigenvalue weighted by molar-refractivity contribution is 5.52. The maximum Gasteiger partial charge on any atom is 0.188 e. The Bertz CT molecular complexity index is 356. The van der Waals surface area contributed by atoms with Crippen LogP contribution < -0.4 is 4.90 Å². The van der Waals surface area contributed by atoms with Gasteiger partial charge in [-0.1, -0.05) is 6.07 Å². The maximum atomic E-state index is 13.5. The molecule has 0 aromatic heterocycles. The first kappa shape index (κ1) is 10.2. The molecule has 0 amide bonds. The Kier molecular flexibility index (Phi) is 2.77. The van der Waals surface area contributed by atoms with Gasteiger partial charge in [0.15, 0.2) is 11.6 Å². The molecule has 1 unspecified atom stereocenters. The summed E-state index contributed by atoms with van der Waals surface area (Å²) in [7, 11) is 0. The quantitative estimate of drug-likeness (QED) is 0.776. The van der Waals surface area contributed by atoms with Crippen molar-refractivity contribution in [2.45, 2.75) is 6.42 Å². The van der Waals surface area contributed by atoms with Gasteiger partial charge in [0.05, 0.1) is 5.69 Å². The second-order valence-electron chi connectivity index (χ2n) is 3.89. The molecule has 0 radical (unpaired) electrons. The summed E-state index contributed by atoms with van der Waals surface area (Å²) in [6.07, 6.45) is 0.867. The molecule has 0 bridgehead atoms. The van der Waals surface area contributed by atoms with E-state index in [4.69, 9.17) is 5.11 Å². The fraction of sp³-hybridized carbons (Fsp3) is 0.455. The van der Waals surface area contributed by atoms with Gasteiger partial charge >= 0.3 is 0 Å².